The van der Waals surface area contributed by atoms with Crippen molar-refractivity contribution in [2.24, 2.45) is 5.92 Å². The van der Waals surface area contributed by atoms with Crippen molar-refractivity contribution >= 4 is 0 Å². The van der Waals surface area contributed by atoms with Gasteiger partial charge in [-0.1, -0.05) is 78.9 Å². The van der Waals surface area contributed by atoms with E-state index in [0.717, 1.165) is 80.0 Å². The monoisotopic (exact) mass is 466 g/mol. The molecule has 0 heterocycles. The number of hydrogen-bond acceptors (Lipinski definition) is 4. The van der Waals surface area contributed by atoms with E-state index in [1.165, 1.54) is 0 Å². The van der Waals surface area contributed by atoms with E-state index in [1.807, 2.05) is 12.1 Å². The number of hydrogen-bond donors (Lipinski definition) is 4. The van der Waals surface area contributed by atoms with Crippen molar-refractivity contribution in [3.8, 4) is 23.0 Å². The van der Waals surface area contributed by atoms with Crippen molar-refractivity contribution in [3.63, 3.8) is 0 Å². The summed E-state index contributed by atoms with van der Waals surface area (Å²) in [6, 6.07) is 7.22. The largest absolute Gasteiger partial charge is 0.504 e. The predicted octanol–water partition coefficient (Wildman–Crippen LogP) is 7.52. The van der Waals surface area contributed by atoms with Crippen molar-refractivity contribution in [2.45, 2.75) is 109 Å². The topological polar surface area (TPSA) is 80.9 Å². The Labute approximate surface area is 204 Å². The molecule has 2 aliphatic carbocycles. The first kappa shape index (κ1) is 24.8. The quantitative estimate of drug-likeness (QED) is 0.303. The van der Waals surface area contributed by atoms with Crippen LogP contribution in [0.25, 0.3) is 0 Å². The third kappa shape index (κ3) is 3.24. The molecule has 4 unspecified atom stereocenters. The maximum Gasteiger partial charge on any atom is 0.161 e. The van der Waals surface area contributed by atoms with Crippen LogP contribution in [0.15, 0.2) is 24.3 Å². The molecule has 0 aliphatic heterocycles. The summed E-state index contributed by atoms with van der Waals surface area (Å²) in [6.45, 7) is 11.2. The molecule has 0 radical (unpaired) electrons. The molecule has 4 rings (SSSR count). The zero-order valence-electron chi connectivity index (χ0n) is 21.5. The van der Waals surface area contributed by atoms with Crippen LogP contribution in [0.2, 0.25) is 0 Å². The molecular formula is C30H42O4. The molecule has 0 saturated heterocycles. The van der Waals surface area contributed by atoms with E-state index in [-0.39, 0.29) is 39.7 Å². The number of fused-ring (bicyclic) bond motifs is 4. The number of unbranched alkanes of at least 4 members (excludes halogenated alkanes) is 2. The lowest BCUT2D eigenvalue weighted by molar-refractivity contribution is 0.172. The molecule has 0 bridgehead atoms. The van der Waals surface area contributed by atoms with E-state index < -0.39 is 5.41 Å². The number of rotatable bonds is 8. The van der Waals surface area contributed by atoms with Gasteiger partial charge < -0.3 is 20.4 Å². The minimum atomic E-state index is -0.669. The molecule has 0 fully saturated rings. The highest BCUT2D eigenvalue weighted by atomic mass is 16.3. The van der Waals surface area contributed by atoms with Crippen molar-refractivity contribution in [1.29, 1.82) is 0 Å². The Hall–Kier alpha value is -2.36. The second-order valence-corrected chi connectivity index (χ2v) is 11.4. The summed E-state index contributed by atoms with van der Waals surface area (Å²) in [5, 5.41) is 44.2. The van der Waals surface area contributed by atoms with Crippen LogP contribution in [0.4, 0.5) is 0 Å². The predicted molar refractivity (Wildman–Crippen MR) is 137 cm³/mol. The van der Waals surface area contributed by atoms with Gasteiger partial charge in [0, 0.05) is 16.5 Å². The van der Waals surface area contributed by atoms with Gasteiger partial charge >= 0.3 is 0 Å². The van der Waals surface area contributed by atoms with Gasteiger partial charge in [-0.05, 0) is 65.7 Å². The molecule has 0 amide bonds. The van der Waals surface area contributed by atoms with Crippen LogP contribution < -0.4 is 0 Å². The van der Waals surface area contributed by atoms with Crippen LogP contribution >= 0.6 is 0 Å². The molecule has 0 aromatic heterocycles. The Kier molecular flexibility index (Phi) is 6.33. The van der Waals surface area contributed by atoms with Gasteiger partial charge in [-0.25, -0.2) is 0 Å². The molecule has 186 valence electrons. The van der Waals surface area contributed by atoms with E-state index >= 15 is 0 Å². The minimum Gasteiger partial charge on any atom is -0.504 e. The zero-order chi connectivity index (χ0) is 24.9. The molecule has 2 aliphatic rings. The summed E-state index contributed by atoms with van der Waals surface area (Å²) in [7, 11) is 0. The summed E-state index contributed by atoms with van der Waals surface area (Å²) in [4.78, 5) is 0. The van der Waals surface area contributed by atoms with Crippen molar-refractivity contribution in [3.05, 3.63) is 46.5 Å². The number of phenols is 4. The van der Waals surface area contributed by atoms with Gasteiger partial charge in [0.2, 0.25) is 0 Å². The zero-order valence-corrected chi connectivity index (χ0v) is 21.5. The lowest BCUT2D eigenvalue weighted by Gasteiger charge is -2.42. The van der Waals surface area contributed by atoms with Gasteiger partial charge in [0.15, 0.2) is 23.0 Å². The summed E-state index contributed by atoms with van der Waals surface area (Å²) >= 11 is 0. The molecular weight excluding hydrogens is 424 g/mol. The van der Waals surface area contributed by atoms with Crippen LogP contribution in [0.5, 0.6) is 23.0 Å². The average Bonchev–Trinajstić information content (AvgIpc) is 3.18. The van der Waals surface area contributed by atoms with Crippen LogP contribution in [0, 0.1) is 5.92 Å². The fraction of sp³-hybridized carbons (Fsp3) is 0.600. The summed E-state index contributed by atoms with van der Waals surface area (Å²) < 4.78 is 0. The second-order valence-electron chi connectivity index (χ2n) is 11.4. The van der Waals surface area contributed by atoms with E-state index in [4.69, 9.17) is 0 Å². The SMILES string of the molecule is CCCCC1(C)CC2(c3c1ccc(O)c3O)c1c(ccc(O)c1O)C(C)(CCCC)C2CCC. The fourth-order valence-electron chi connectivity index (χ4n) is 7.75. The highest BCUT2D eigenvalue weighted by molar-refractivity contribution is 5.71. The first-order valence-corrected chi connectivity index (χ1v) is 13.2. The normalized spacial score (nSPS) is 29.5. The first-order chi connectivity index (χ1) is 16.1. The number of phenolic OH excluding ortho intramolecular Hbond substituents is 4. The van der Waals surface area contributed by atoms with Gasteiger partial charge in [-0.2, -0.15) is 0 Å². The molecule has 2 aromatic rings. The lowest BCUT2D eigenvalue weighted by atomic mass is 9.60. The first-order valence-electron chi connectivity index (χ1n) is 13.2. The molecule has 4 N–H and O–H groups in total. The molecule has 2 aromatic carbocycles. The molecule has 1 spiro atoms. The van der Waals surface area contributed by atoms with Gasteiger partial charge in [0.05, 0.1) is 0 Å². The van der Waals surface area contributed by atoms with Crippen molar-refractivity contribution < 1.29 is 20.4 Å². The van der Waals surface area contributed by atoms with E-state index in [0.29, 0.717) is 0 Å². The highest BCUT2D eigenvalue weighted by Crippen LogP contribution is 2.72. The maximum absolute atomic E-state index is 11.4. The fourth-order valence-corrected chi connectivity index (χ4v) is 7.75. The number of benzene rings is 2. The lowest BCUT2D eigenvalue weighted by Crippen LogP contribution is -2.40. The molecule has 4 nitrogen and oxygen atoms in total. The maximum atomic E-state index is 11.4. The standard InChI is InChI=1S/C30H42O4/c1-6-9-16-28(4)18-30(24-19(28)12-14-21(31)26(24)33)23(11-8-3)29(5,17-10-7-2)20-13-15-22(32)27(34)25(20)30/h12-15,23,31-34H,6-11,16-18H2,1-5H3. The molecule has 4 heteroatoms. The smallest absolute Gasteiger partial charge is 0.161 e. The molecule has 34 heavy (non-hydrogen) atoms. The van der Waals surface area contributed by atoms with Crippen molar-refractivity contribution in [2.75, 3.05) is 0 Å². The Bertz CT molecular complexity index is 1050. The van der Waals surface area contributed by atoms with Gasteiger partial charge in [-0.15, -0.1) is 0 Å². The van der Waals surface area contributed by atoms with Crippen LogP contribution in [0.3, 0.4) is 0 Å². The van der Waals surface area contributed by atoms with Gasteiger partial charge in [0.1, 0.15) is 0 Å². The Morgan fingerprint density at radius 1 is 0.735 bits per heavy atom. The summed E-state index contributed by atoms with van der Waals surface area (Å²) in [5.41, 5.74) is 2.62. The minimum absolute atomic E-state index is 0.0627. The summed E-state index contributed by atoms with van der Waals surface area (Å²) in [5.74, 6) is -0.221. The molecule has 0 saturated carbocycles. The van der Waals surface area contributed by atoms with E-state index in [1.54, 1.807) is 12.1 Å². The Balaban J connectivity index is 2.11. The van der Waals surface area contributed by atoms with E-state index in [2.05, 4.69) is 34.6 Å². The highest BCUT2D eigenvalue weighted by Gasteiger charge is 2.65. The molecule has 4 atom stereocenters. The van der Waals surface area contributed by atoms with Crippen molar-refractivity contribution in [1.82, 2.24) is 0 Å². The second kappa shape index (κ2) is 8.70. The Morgan fingerprint density at radius 3 is 1.82 bits per heavy atom. The third-order valence-electron chi connectivity index (χ3n) is 9.21. The number of aromatic hydroxyl groups is 4. The van der Waals surface area contributed by atoms with Crippen LogP contribution in [-0.2, 0) is 16.2 Å². The van der Waals surface area contributed by atoms with Gasteiger partial charge in [-0.3, -0.25) is 0 Å². The Morgan fingerprint density at radius 2 is 1.26 bits per heavy atom. The third-order valence-corrected chi connectivity index (χ3v) is 9.21. The van der Waals surface area contributed by atoms with Gasteiger partial charge in [0.25, 0.3) is 0 Å². The van der Waals surface area contributed by atoms with E-state index in [9.17, 15) is 20.4 Å². The van der Waals surface area contributed by atoms with Crippen LogP contribution in [-0.4, -0.2) is 20.4 Å². The average molecular weight is 467 g/mol. The van der Waals surface area contributed by atoms with Crippen LogP contribution in [0.1, 0.15) is 115 Å². The summed E-state index contributed by atoms with van der Waals surface area (Å²) in [6.07, 6.45) is 8.92.